The fraction of sp³-hybridized carbons (Fsp3) is 0.500. The van der Waals surface area contributed by atoms with Gasteiger partial charge < -0.3 is 10.4 Å². The van der Waals surface area contributed by atoms with E-state index in [1.54, 1.807) is 13.0 Å². The number of carbonyl (C=O) groups is 2. The number of carbonyl (C=O) groups excluding carboxylic acids is 1. The number of carboxylic acid groups (broad SMARTS) is 1. The van der Waals surface area contributed by atoms with Crippen LogP contribution in [-0.4, -0.2) is 28.7 Å². The van der Waals surface area contributed by atoms with Gasteiger partial charge >= 0.3 is 12.1 Å². The molecule has 2 atom stereocenters. The van der Waals surface area contributed by atoms with Crippen molar-refractivity contribution in [2.24, 2.45) is 0 Å². The van der Waals surface area contributed by atoms with E-state index in [4.69, 9.17) is 0 Å². The third-order valence-corrected chi connectivity index (χ3v) is 3.62. The zero-order valence-corrected chi connectivity index (χ0v) is 13.0. The zero-order valence-electron chi connectivity index (χ0n) is 13.0. The molecule has 0 saturated heterocycles. The van der Waals surface area contributed by atoms with Crippen LogP contribution in [0.3, 0.4) is 0 Å². The van der Waals surface area contributed by atoms with Gasteiger partial charge in [0.25, 0.3) is 0 Å². The van der Waals surface area contributed by atoms with Crippen LogP contribution in [0.15, 0.2) is 30.3 Å². The summed E-state index contributed by atoms with van der Waals surface area (Å²) in [5.41, 5.74) is -1.60. The third-order valence-electron chi connectivity index (χ3n) is 3.62. The SMILES string of the molecule is CCCC(C)(NC(=O)CC(c1ccccc1)C(F)(F)F)C(=O)O. The Labute approximate surface area is 132 Å². The van der Waals surface area contributed by atoms with E-state index >= 15 is 0 Å². The molecule has 0 fully saturated rings. The van der Waals surface area contributed by atoms with Gasteiger partial charge in [0.2, 0.25) is 5.91 Å². The van der Waals surface area contributed by atoms with Crippen molar-refractivity contribution in [3.05, 3.63) is 35.9 Å². The van der Waals surface area contributed by atoms with E-state index in [9.17, 15) is 27.9 Å². The Morgan fingerprint density at radius 1 is 1.22 bits per heavy atom. The van der Waals surface area contributed by atoms with E-state index in [1.807, 2.05) is 0 Å². The first-order valence-electron chi connectivity index (χ1n) is 7.26. The van der Waals surface area contributed by atoms with E-state index < -0.39 is 35.9 Å². The predicted octanol–water partition coefficient (Wildman–Crippen LogP) is 3.48. The van der Waals surface area contributed by atoms with Crippen LogP contribution in [0, 0.1) is 0 Å². The molecule has 0 aromatic heterocycles. The molecule has 4 nitrogen and oxygen atoms in total. The van der Waals surface area contributed by atoms with Gasteiger partial charge in [-0.05, 0) is 18.9 Å². The fourth-order valence-corrected chi connectivity index (χ4v) is 2.37. The highest BCUT2D eigenvalue weighted by Gasteiger charge is 2.43. The molecule has 0 aliphatic carbocycles. The maximum atomic E-state index is 13.2. The van der Waals surface area contributed by atoms with Crippen LogP contribution in [-0.2, 0) is 9.59 Å². The summed E-state index contributed by atoms with van der Waals surface area (Å²) in [5, 5.41) is 11.4. The van der Waals surface area contributed by atoms with Gasteiger partial charge in [-0.2, -0.15) is 13.2 Å². The lowest BCUT2D eigenvalue weighted by Gasteiger charge is -2.27. The van der Waals surface area contributed by atoms with Crippen molar-refractivity contribution in [3.8, 4) is 0 Å². The van der Waals surface area contributed by atoms with E-state index in [0.717, 1.165) is 0 Å². The molecule has 1 aromatic carbocycles. The Kier molecular flexibility index (Phi) is 6.18. The van der Waals surface area contributed by atoms with Crippen LogP contribution < -0.4 is 5.32 Å². The van der Waals surface area contributed by atoms with Gasteiger partial charge in [-0.15, -0.1) is 0 Å². The number of nitrogens with one attached hydrogen (secondary N) is 1. The highest BCUT2D eigenvalue weighted by Crippen LogP contribution is 2.37. The van der Waals surface area contributed by atoms with Crippen LogP contribution in [0.2, 0.25) is 0 Å². The topological polar surface area (TPSA) is 66.4 Å². The van der Waals surface area contributed by atoms with Crippen LogP contribution in [0.25, 0.3) is 0 Å². The molecule has 1 amide bonds. The summed E-state index contributed by atoms with van der Waals surface area (Å²) in [6, 6.07) is 7.11. The Morgan fingerprint density at radius 2 is 1.78 bits per heavy atom. The average molecular weight is 331 g/mol. The number of alkyl halides is 3. The van der Waals surface area contributed by atoms with Crippen LogP contribution in [0.1, 0.15) is 44.6 Å². The minimum atomic E-state index is -4.59. The summed E-state index contributed by atoms with van der Waals surface area (Å²) < 4.78 is 39.6. The van der Waals surface area contributed by atoms with Gasteiger partial charge in [0, 0.05) is 6.42 Å². The normalized spacial score (nSPS) is 15.5. The molecule has 1 rings (SSSR count). The van der Waals surface area contributed by atoms with Crippen molar-refractivity contribution >= 4 is 11.9 Å². The van der Waals surface area contributed by atoms with Crippen molar-refractivity contribution < 1.29 is 27.9 Å². The predicted molar refractivity (Wildman–Crippen MR) is 78.9 cm³/mol. The summed E-state index contributed by atoms with van der Waals surface area (Å²) >= 11 is 0. The van der Waals surface area contributed by atoms with E-state index in [1.165, 1.54) is 31.2 Å². The Morgan fingerprint density at radius 3 is 2.22 bits per heavy atom. The lowest BCUT2D eigenvalue weighted by Crippen LogP contribution is -2.52. The summed E-state index contributed by atoms with van der Waals surface area (Å²) in [4.78, 5) is 23.3. The number of amides is 1. The molecule has 2 N–H and O–H groups in total. The van der Waals surface area contributed by atoms with Crippen molar-refractivity contribution in [2.75, 3.05) is 0 Å². The van der Waals surface area contributed by atoms with Gasteiger partial charge in [-0.3, -0.25) is 4.79 Å². The molecule has 7 heteroatoms. The van der Waals surface area contributed by atoms with Crippen molar-refractivity contribution in [1.82, 2.24) is 5.32 Å². The average Bonchev–Trinajstić information content (AvgIpc) is 2.44. The highest BCUT2D eigenvalue weighted by atomic mass is 19.4. The largest absolute Gasteiger partial charge is 0.480 e. The Balaban J connectivity index is 2.93. The van der Waals surface area contributed by atoms with Gasteiger partial charge in [0.15, 0.2) is 0 Å². The minimum Gasteiger partial charge on any atom is -0.480 e. The number of hydrogen-bond acceptors (Lipinski definition) is 2. The van der Waals surface area contributed by atoms with E-state index in [-0.39, 0.29) is 12.0 Å². The first-order valence-corrected chi connectivity index (χ1v) is 7.26. The molecule has 0 aliphatic heterocycles. The molecule has 2 unspecified atom stereocenters. The molecule has 1 aromatic rings. The Hall–Kier alpha value is -2.05. The molecule has 0 radical (unpaired) electrons. The number of rotatable bonds is 7. The molecule has 0 bridgehead atoms. The van der Waals surface area contributed by atoms with Crippen molar-refractivity contribution in [1.29, 1.82) is 0 Å². The molecular weight excluding hydrogens is 311 g/mol. The van der Waals surface area contributed by atoms with Gasteiger partial charge in [-0.25, -0.2) is 4.79 Å². The van der Waals surface area contributed by atoms with Gasteiger partial charge in [-0.1, -0.05) is 43.7 Å². The Bertz CT molecular complexity index is 545. The van der Waals surface area contributed by atoms with Gasteiger partial charge in [0.05, 0.1) is 5.92 Å². The van der Waals surface area contributed by atoms with Crippen LogP contribution in [0.5, 0.6) is 0 Å². The summed E-state index contributed by atoms with van der Waals surface area (Å²) in [5.74, 6) is -4.17. The zero-order chi connectivity index (χ0) is 17.7. The number of halogens is 3. The fourth-order valence-electron chi connectivity index (χ4n) is 2.37. The number of aliphatic carboxylic acids is 1. The molecule has 23 heavy (non-hydrogen) atoms. The standard InChI is InChI=1S/C16H20F3NO3/c1-3-9-15(2,14(22)23)20-13(21)10-12(16(17,18)19)11-7-5-4-6-8-11/h4-8,12H,3,9-10H2,1-2H3,(H,20,21)(H,22,23). The second-order valence-corrected chi connectivity index (χ2v) is 5.64. The third kappa shape index (κ3) is 5.26. The summed E-state index contributed by atoms with van der Waals surface area (Å²) in [6.07, 6.45) is -4.83. The van der Waals surface area contributed by atoms with Crippen LogP contribution >= 0.6 is 0 Å². The molecule has 0 spiro atoms. The minimum absolute atomic E-state index is 0.0253. The number of carboxylic acids is 1. The first-order chi connectivity index (χ1) is 10.6. The second kappa shape index (κ2) is 7.48. The smallest absolute Gasteiger partial charge is 0.396 e. The van der Waals surface area contributed by atoms with Crippen LogP contribution in [0.4, 0.5) is 13.2 Å². The lowest BCUT2D eigenvalue weighted by atomic mass is 9.92. The first kappa shape index (κ1) is 19.0. The summed E-state index contributed by atoms with van der Waals surface area (Å²) in [7, 11) is 0. The second-order valence-electron chi connectivity index (χ2n) is 5.64. The van der Waals surface area contributed by atoms with Crippen molar-refractivity contribution in [3.63, 3.8) is 0 Å². The summed E-state index contributed by atoms with van der Waals surface area (Å²) in [6.45, 7) is 3.03. The number of hydrogen-bond donors (Lipinski definition) is 2. The van der Waals surface area contributed by atoms with E-state index in [0.29, 0.717) is 6.42 Å². The van der Waals surface area contributed by atoms with Crippen molar-refractivity contribution in [2.45, 2.75) is 50.7 Å². The molecular formula is C16H20F3NO3. The molecule has 0 aliphatic rings. The molecule has 0 heterocycles. The quantitative estimate of drug-likeness (QED) is 0.804. The lowest BCUT2D eigenvalue weighted by molar-refractivity contribution is -0.159. The maximum absolute atomic E-state index is 13.2. The number of benzene rings is 1. The monoisotopic (exact) mass is 331 g/mol. The highest BCUT2D eigenvalue weighted by molar-refractivity contribution is 5.87. The molecule has 0 saturated carbocycles. The van der Waals surface area contributed by atoms with Gasteiger partial charge in [0.1, 0.15) is 5.54 Å². The van der Waals surface area contributed by atoms with E-state index in [2.05, 4.69) is 5.32 Å². The molecule has 128 valence electrons. The maximum Gasteiger partial charge on any atom is 0.396 e.